The van der Waals surface area contributed by atoms with Crippen LogP contribution in [0.25, 0.3) is 10.8 Å². The Hall–Kier alpha value is -2.27. The third-order valence-corrected chi connectivity index (χ3v) is 6.53. The topological polar surface area (TPSA) is 40.5 Å². The number of likely N-dealkylation sites (tertiary alicyclic amines) is 1. The van der Waals surface area contributed by atoms with E-state index in [2.05, 4.69) is 11.0 Å². The van der Waals surface area contributed by atoms with E-state index in [4.69, 9.17) is 11.6 Å². The van der Waals surface area contributed by atoms with Gasteiger partial charge >= 0.3 is 0 Å². The van der Waals surface area contributed by atoms with Crippen LogP contribution in [0.2, 0.25) is 5.02 Å². The lowest BCUT2D eigenvalue weighted by atomic mass is 9.86. The number of ketones is 1. The number of Topliss-reactive ketones (excluding diaryl/α,β-unsaturated/α-hetero) is 1. The quantitative estimate of drug-likeness (QED) is 0.456. The zero-order valence-corrected chi connectivity index (χ0v) is 18.2. The maximum Gasteiger partial charge on any atom is 0.162 e. The Morgan fingerprint density at radius 3 is 2.45 bits per heavy atom. The molecule has 31 heavy (non-hydrogen) atoms. The lowest BCUT2D eigenvalue weighted by Crippen LogP contribution is -2.36. The Kier molecular flexibility index (Phi) is 7.01. The van der Waals surface area contributed by atoms with Crippen molar-refractivity contribution in [1.29, 1.82) is 0 Å². The normalized spacial score (nSPS) is 16.5. The SMILES string of the molecule is O=C(CCCN1CCC(C(O)c2ccc3cc(Cl)ccc3c2)CC1)c1ccc(F)cc1. The van der Waals surface area contributed by atoms with Crippen molar-refractivity contribution >= 4 is 28.2 Å². The first-order valence-electron chi connectivity index (χ1n) is 10.9. The molecule has 0 spiro atoms. The van der Waals surface area contributed by atoms with E-state index >= 15 is 0 Å². The van der Waals surface area contributed by atoms with Gasteiger partial charge in [-0.25, -0.2) is 4.39 Å². The summed E-state index contributed by atoms with van der Waals surface area (Å²) in [5, 5.41) is 13.8. The molecular weight excluding hydrogens is 413 g/mol. The highest BCUT2D eigenvalue weighted by atomic mass is 35.5. The van der Waals surface area contributed by atoms with Gasteiger partial charge in [-0.3, -0.25) is 4.79 Å². The van der Waals surface area contributed by atoms with Crippen LogP contribution in [-0.2, 0) is 0 Å². The van der Waals surface area contributed by atoms with Gasteiger partial charge in [0, 0.05) is 17.0 Å². The number of rotatable bonds is 7. The van der Waals surface area contributed by atoms with E-state index in [-0.39, 0.29) is 17.5 Å². The van der Waals surface area contributed by atoms with Crippen LogP contribution >= 0.6 is 11.6 Å². The first-order valence-corrected chi connectivity index (χ1v) is 11.3. The van der Waals surface area contributed by atoms with Gasteiger partial charge in [0.25, 0.3) is 0 Å². The summed E-state index contributed by atoms with van der Waals surface area (Å²) in [6.45, 7) is 2.72. The fourth-order valence-corrected chi connectivity index (χ4v) is 4.61. The summed E-state index contributed by atoms with van der Waals surface area (Å²) in [6.07, 6.45) is 2.66. The number of carbonyl (C=O) groups excluding carboxylic acids is 1. The Balaban J connectivity index is 1.25. The van der Waals surface area contributed by atoms with Crippen LogP contribution in [0.4, 0.5) is 4.39 Å². The molecule has 5 heteroatoms. The minimum Gasteiger partial charge on any atom is -0.388 e. The molecule has 0 bridgehead atoms. The molecule has 1 saturated heterocycles. The zero-order valence-electron chi connectivity index (χ0n) is 17.4. The van der Waals surface area contributed by atoms with Crippen LogP contribution in [0, 0.1) is 11.7 Å². The molecule has 1 fully saturated rings. The van der Waals surface area contributed by atoms with E-state index in [1.54, 1.807) is 12.1 Å². The van der Waals surface area contributed by atoms with Gasteiger partial charge in [-0.2, -0.15) is 0 Å². The van der Waals surface area contributed by atoms with Gasteiger partial charge in [0.1, 0.15) is 5.82 Å². The minimum atomic E-state index is -0.470. The van der Waals surface area contributed by atoms with Crippen molar-refractivity contribution in [3.8, 4) is 0 Å². The molecule has 0 amide bonds. The first-order chi connectivity index (χ1) is 15.0. The van der Waals surface area contributed by atoms with Crippen molar-refractivity contribution in [2.45, 2.75) is 31.8 Å². The Labute approximate surface area is 187 Å². The number of halogens is 2. The predicted octanol–water partition coefficient (Wildman–Crippen LogP) is 6.04. The molecule has 4 rings (SSSR count). The maximum atomic E-state index is 13.0. The van der Waals surface area contributed by atoms with Crippen molar-refractivity contribution in [3.63, 3.8) is 0 Å². The molecule has 3 aromatic carbocycles. The molecule has 1 aliphatic heterocycles. The lowest BCUT2D eigenvalue weighted by molar-refractivity contribution is 0.0584. The minimum absolute atomic E-state index is 0.0582. The molecule has 0 saturated carbocycles. The van der Waals surface area contributed by atoms with Crippen molar-refractivity contribution in [2.24, 2.45) is 5.92 Å². The van der Waals surface area contributed by atoms with Crippen LogP contribution < -0.4 is 0 Å². The molecular formula is C26H27ClFNO2. The summed E-state index contributed by atoms with van der Waals surface area (Å²) in [5.41, 5.74) is 1.53. The molecule has 1 N–H and O–H groups in total. The average molecular weight is 440 g/mol. The smallest absolute Gasteiger partial charge is 0.162 e. The number of nitrogens with zero attached hydrogens (tertiary/aromatic N) is 1. The first kappa shape index (κ1) is 21.9. The largest absolute Gasteiger partial charge is 0.388 e. The maximum absolute atomic E-state index is 13.0. The third kappa shape index (κ3) is 5.51. The molecule has 162 valence electrons. The van der Waals surface area contributed by atoms with Crippen LogP contribution in [-0.4, -0.2) is 35.4 Å². The highest BCUT2D eigenvalue weighted by Crippen LogP contribution is 2.32. The van der Waals surface area contributed by atoms with Gasteiger partial charge in [0.15, 0.2) is 5.78 Å². The van der Waals surface area contributed by atoms with E-state index in [0.29, 0.717) is 17.0 Å². The number of aliphatic hydroxyl groups excluding tert-OH is 1. The molecule has 1 atom stereocenters. The number of fused-ring (bicyclic) bond motifs is 1. The zero-order chi connectivity index (χ0) is 21.8. The predicted molar refractivity (Wildman–Crippen MR) is 123 cm³/mol. The lowest BCUT2D eigenvalue weighted by Gasteiger charge is -2.34. The van der Waals surface area contributed by atoms with Crippen molar-refractivity contribution < 1.29 is 14.3 Å². The number of carbonyl (C=O) groups is 1. The Morgan fingerprint density at radius 2 is 1.71 bits per heavy atom. The summed E-state index contributed by atoms with van der Waals surface area (Å²) < 4.78 is 13.0. The fourth-order valence-electron chi connectivity index (χ4n) is 4.43. The van der Waals surface area contributed by atoms with Crippen molar-refractivity contribution in [2.75, 3.05) is 19.6 Å². The van der Waals surface area contributed by atoms with E-state index in [0.717, 1.165) is 55.2 Å². The van der Waals surface area contributed by atoms with E-state index in [1.807, 2.05) is 30.3 Å². The monoisotopic (exact) mass is 439 g/mol. The van der Waals surface area contributed by atoms with E-state index < -0.39 is 6.10 Å². The Bertz CT molecular complexity index is 1040. The summed E-state index contributed by atoms with van der Waals surface area (Å²) >= 11 is 6.06. The van der Waals surface area contributed by atoms with Gasteiger partial charge in [0.2, 0.25) is 0 Å². The van der Waals surface area contributed by atoms with E-state index in [9.17, 15) is 14.3 Å². The number of aliphatic hydroxyl groups is 1. The van der Waals surface area contributed by atoms with Gasteiger partial charge < -0.3 is 10.0 Å². The molecule has 3 nitrogen and oxygen atoms in total. The summed E-state index contributed by atoms with van der Waals surface area (Å²) in [5.74, 6) is -0.0283. The summed E-state index contributed by atoms with van der Waals surface area (Å²) in [4.78, 5) is 14.6. The highest BCUT2D eigenvalue weighted by Gasteiger charge is 2.26. The number of benzene rings is 3. The second-order valence-corrected chi connectivity index (χ2v) is 8.84. The summed E-state index contributed by atoms with van der Waals surface area (Å²) in [7, 11) is 0. The molecule has 0 aliphatic carbocycles. The summed E-state index contributed by atoms with van der Waals surface area (Å²) in [6, 6.07) is 17.6. The molecule has 0 radical (unpaired) electrons. The third-order valence-electron chi connectivity index (χ3n) is 6.29. The van der Waals surface area contributed by atoms with Gasteiger partial charge in [0.05, 0.1) is 6.10 Å². The second-order valence-electron chi connectivity index (χ2n) is 8.41. The van der Waals surface area contributed by atoms with Gasteiger partial charge in [-0.05, 0) is 104 Å². The van der Waals surface area contributed by atoms with Crippen molar-refractivity contribution in [1.82, 2.24) is 4.90 Å². The second kappa shape index (κ2) is 9.90. The van der Waals surface area contributed by atoms with Gasteiger partial charge in [-0.15, -0.1) is 0 Å². The van der Waals surface area contributed by atoms with Crippen molar-refractivity contribution in [3.05, 3.63) is 82.6 Å². The van der Waals surface area contributed by atoms with Crippen LogP contribution in [0.1, 0.15) is 47.7 Å². The van der Waals surface area contributed by atoms with Crippen LogP contribution in [0.3, 0.4) is 0 Å². The molecule has 1 unspecified atom stereocenters. The van der Waals surface area contributed by atoms with Crippen LogP contribution in [0.15, 0.2) is 60.7 Å². The number of hydrogen-bond acceptors (Lipinski definition) is 3. The van der Waals surface area contributed by atoms with Gasteiger partial charge in [-0.1, -0.05) is 29.8 Å². The fraction of sp³-hybridized carbons (Fsp3) is 0.346. The average Bonchev–Trinajstić information content (AvgIpc) is 2.79. The van der Waals surface area contributed by atoms with Crippen LogP contribution in [0.5, 0.6) is 0 Å². The molecule has 3 aromatic rings. The molecule has 0 aromatic heterocycles. The Morgan fingerprint density at radius 1 is 1.03 bits per heavy atom. The molecule has 1 heterocycles. The van der Waals surface area contributed by atoms with E-state index in [1.165, 1.54) is 12.1 Å². The number of hydrogen-bond donors (Lipinski definition) is 1. The standard InChI is InChI=1S/C26H27ClFNO2/c27-23-8-5-20-16-22(4-3-21(20)17-23)26(31)19-11-14-29(15-12-19)13-1-2-25(30)18-6-9-24(28)10-7-18/h3-10,16-17,19,26,31H,1-2,11-15H2. The highest BCUT2D eigenvalue weighted by molar-refractivity contribution is 6.31. The number of piperidine rings is 1. The molecule has 1 aliphatic rings.